The van der Waals surface area contributed by atoms with Gasteiger partial charge in [-0.15, -0.1) is 0 Å². The van der Waals surface area contributed by atoms with Crippen LogP contribution in [0.5, 0.6) is 11.5 Å². The van der Waals surface area contributed by atoms with Gasteiger partial charge in [0.1, 0.15) is 17.5 Å². The van der Waals surface area contributed by atoms with Gasteiger partial charge < -0.3 is 15.2 Å². The Bertz CT molecular complexity index is 810. The lowest BCUT2D eigenvalue weighted by molar-refractivity contribution is -0.145. The van der Waals surface area contributed by atoms with Crippen molar-refractivity contribution in [2.24, 2.45) is 0 Å². The highest BCUT2D eigenvalue weighted by Gasteiger charge is 2.29. The lowest BCUT2D eigenvalue weighted by Crippen LogP contribution is -2.47. The van der Waals surface area contributed by atoms with Gasteiger partial charge in [0, 0.05) is 5.69 Å². The standard InChI is InChI=1S/C20H21ClN2O4/c21-16-5-1-2-7-18(16)27-15-10-8-14(9-11-15)22-19(24)13-23-12-4-3-6-17(23)20(25)26/h1-2,5,7-11,17H,3-4,6,12-13H2,(H,22,24)(H,25,26). The first kappa shape index (κ1) is 19.2. The Labute approximate surface area is 162 Å². The Morgan fingerprint density at radius 2 is 1.89 bits per heavy atom. The van der Waals surface area contributed by atoms with E-state index < -0.39 is 12.0 Å². The number of rotatable bonds is 6. The van der Waals surface area contributed by atoms with Gasteiger partial charge in [-0.3, -0.25) is 14.5 Å². The number of ether oxygens (including phenoxy) is 1. The number of piperidine rings is 1. The first-order valence-corrected chi connectivity index (χ1v) is 9.20. The van der Waals surface area contributed by atoms with Crippen LogP contribution >= 0.6 is 11.6 Å². The summed E-state index contributed by atoms with van der Waals surface area (Å²) < 4.78 is 5.71. The fourth-order valence-electron chi connectivity index (χ4n) is 3.11. The Kier molecular flexibility index (Phi) is 6.32. The molecule has 1 heterocycles. The molecular formula is C20H21ClN2O4. The number of hydrogen-bond donors (Lipinski definition) is 2. The number of anilines is 1. The van der Waals surface area contributed by atoms with Gasteiger partial charge >= 0.3 is 5.97 Å². The van der Waals surface area contributed by atoms with E-state index in [1.807, 2.05) is 12.1 Å². The van der Waals surface area contributed by atoms with E-state index in [4.69, 9.17) is 16.3 Å². The monoisotopic (exact) mass is 388 g/mol. The molecule has 0 radical (unpaired) electrons. The average molecular weight is 389 g/mol. The van der Waals surface area contributed by atoms with Crippen molar-refractivity contribution in [1.29, 1.82) is 0 Å². The number of carboxylic acids is 1. The molecule has 3 rings (SSSR count). The van der Waals surface area contributed by atoms with Crippen LogP contribution in [0.25, 0.3) is 0 Å². The minimum Gasteiger partial charge on any atom is -0.480 e. The van der Waals surface area contributed by atoms with Gasteiger partial charge in [-0.2, -0.15) is 0 Å². The zero-order valence-corrected chi connectivity index (χ0v) is 15.5. The normalized spacial score (nSPS) is 17.3. The molecule has 1 amide bonds. The maximum atomic E-state index is 12.3. The number of nitrogens with zero attached hydrogens (tertiary/aromatic N) is 1. The van der Waals surface area contributed by atoms with E-state index in [2.05, 4.69) is 5.32 Å². The summed E-state index contributed by atoms with van der Waals surface area (Å²) in [6.45, 7) is 0.684. The Balaban J connectivity index is 1.57. The molecule has 1 aliphatic heterocycles. The van der Waals surface area contributed by atoms with Crippen molar-refractivity contribution in [1.82, 2.24) is 4.90 Å². The second kappa shape index (κ2) is 8.88. The van der Waals surface area contributed by atoms with Crippen LogP contribution in [0.4, 0.5) is 5.69 Å². The van der Waals surface area contributed by atoms with E-state index in [1.54, 1.807) is 41.3 Å². The number of aliphatic carboxylic acids is 1. The highest BCUT2D eigenvalue weighted by Crippen LogP contribution is 2.29. The van der Waals surface area contributed by atoms with E-state index in [1.165, 1.54) is 0 Å². The predicted molar refractivity (Wildman–Crippen MR) is 103 cm³/mol. The van der Waals surface area contributed by atoms with Crippen molar-refractivity contribution in [2.75, 3.05) is 18.4 Å². The highest BCUT2D eigenvalue weighted by molar-refractivity contribution is 6.32. The molecule has 0 saturated carbocycles. The van der Waals surface area contributed by atoms with Crippen LogP contribution in [0.15, 0.2) is 48.5 Å². The lowest BCUT2D eigenvalue weighted by atomic mass is 10.0. The fraction of sp³-hybridized carbons (Fsp3) is 0.300. The smallest absolute Gasteiger partial charge is 0.320 e. The van der Waals surface area contributed by atoms with Crippen LogP contribution in [-0.4, -0.2) is 41.0 Å². The van der Waals surface area contributed by atoms with Crippen molar-refractivity contribution >= 4 is 29.2 Å². The fourth-order valence-corrected chi connectivity index (χ4v) is 3.28. The van der Waals surface area contributed by atoms with Crippen LogP contribution in [0.1, 0.15) is 19.3 Å². The molecule has 142 valence electrons. The summed E-state index contributed by atoms with van der Waals surface area (Å²) in [5.74, 6) is 0.0512. The number of carbonyl (C=O) groups excluding carboxylic acids is 1. The summed E-state index contributed by atoms with van der Waals surface area (Å²) in [7, 11) is 0. The van der Waals surface area contributed by atoms with Gasteiger partial charge in [-0.25, -0.2) is 0 Å². The second-order valence-electron chi connectivity index (χ2n) is 6.43. The van der Waals surface area contributed by atoms with Gasteiger partial charge in [0.05, 0.1) is 11.6 Å². The maximum absolute atomic E-state index is 12.3. The summed E-state index contributed by atoms with van der Waals surface area (Å²) >= 11 is 6.07. The minimum absolute atomic E-state index is 0.0643. The zero-order valence-electron chi connectivity index (χ0n) is 14.7. The largest absolute Gasteiger partial charge is 0.480 e. The third-order valence-corrected chi connectivity index (χ3v) is 4.76. The number of carbonyl (C=O) groups is 2. The molecule has 1 unspecified atom stereocenters. The van der Waals surface area contributed by atoms with Crippen LogP contribution in [0.2, 0.25) is 5.02 Å². The Hall–Kier alpha value is -2.57. The molecule has 0 aliphatic carbocycles. The molecular weight excluding hydrogens is 368 g/mol. The molecule has 1 atom stereocenters. The molecule has 2 aromatic rings. The summed E-state index contributed by atoms with van der Waals surface area (Å²) in [4.78, 5) is 25.3. The first-order valence-electron chi connectivity index (χ1n) is 8.82. The number of likely N-dealkylation sites (tertiary alicyclic amines) is 1. The summed E-state index contributed by atoms with van der Waals surface area (Å²) in [6, 6.07) is 13.5. The van der Waals surface area contributed by atoms with Gasteiger partial charge in [-0.1, -0.05) is 30.2 Å². The second-order valence-corrected chi connectivity index (χ2v) is 6.83. The van der Waals surface area contributed by atoms with Crippen molar-refractivity contribution in [3.05, 3.63) is 53.6 Å². The number of para-hydroxylation sites is 1. The SMILES string of the molecule is O=C(CN1CCCCC1C(=O)O)Nc1ccc(Oc2ccccc2Cl)cc1. The van der Waals surface area contributed by atoms with Crippen molar-refractivity contribution in [3.63, 3.8) is 0 Å². The molecule has 2 aromatic carbocycles. The van der Waals surface area contributed by atoms with Crippen LogP contribution in [-0.2, 0) is 9.59 Å². The molecule has 27 heavy (non-hydrogen) atoms. The summed E-state index contributed by atoms with van der Waals surface area (Å²) in [6.07, 6.45) is 2.36. The molecule has 6 nitrogen and oxygen atoms in total. The minimum atomic E-state index is -0.872. The third kappa shape index (κ3) is 5.21. The summed E-state index contributed by atoms with van der Waals surface area (Å²) in [5.41, 5.74) is 0.621. The summed E-state index contributed by atoms with van der Waals surface area (Å²) in [5, 5.41) is 12.6. The number of hydrogen-bond acceptors (Lipinski definition) is 4. The number of amides is 1. The first-order chi connectivity index (χ1) is 13.0. The number of nitrogens with one attached hydrogen (secondary N) is 1. The zero-order chi connectivity index (χ0) is 19.2. The molecule has 1 saturated heterocycles. The molecule has 1 fully saturated rings. The molecule has 0 spiro atoms. The Morgan fingerprint density at radius 3 is 2.59 bits per heavy atom. The lowest BCUT2D eigenvalue weighted by Gasteiger charge is -2.32. The van der Waals surface area contributed by atoms with E-state index in [0.29, 0.717) is 35.2 Å². The van der Waals surface area contributed by atoms with Crippen molar-refractivity contribution in [3.8, 4) is 11.5 Å². The number of halogens is 1. The quantitative estimate of drug-likeness (QED) is 0.781. The molecule has 1 aliphatic rings. The predicted octanol–water partition coefficient (Wildman–Crippen LogP) is 4.01. The van der Waals surface area contributed by atoms with E-state index in [-0.39, 0.29) is 12.5 Å². The number of carboxylic acid groups (broad SMARTS) is 1. The van der Waals surface area contributed by atoms with Gasteiger partial charge in [0.15, 0.2) is 0 Å². The van der Waals surface area contributed by atoms with Crippen LogP contribution in [0.3, 0.4) is 0 Å². The van der Waals surface area contributed by atoms with E-state index in [0.717, 1.165) is 12.8 Å². The molecule has 0 aromatic heterocycles. The highest BCUT2D eigenvalue weighted by atomic mass is 35.5. The van der Waals surface area contributed by atoms with E-state index in [9.17, 15) is 14.7 Å². The maximum Gasteiger partial charge on any atom is 0.320 e. The van der Waals surface area contributed by atoms with Gasteiger partial charge in [0.2, 0.25) is 5.91 Å². The van der Waals surface area contributed by atoms with Gasteiger partial charge in [0.25, 0.3) is 0 Å². The van der Waals surface area contributed by atoms with Crippen LogP contribution in [0, 0.1) is 0 Å². The third-order valence-electron chi connectivity index (χ3n) is 4.45. The topological polar surface area (TPSA) is 78.9 Å². The van der Waals surface area contributed by atoms with Crippen LogP contribution < -0.4 is 10.1 Å². The molecule has 2 N–H and O–H groups in total. The number of benzene rings is 2. The van der Waals surface area contributed by atoms with Gasteiger partial charge in [-0.05, 0) is 55.8 Å². The Morgan fingerprint density at radius 1 is 1.15 bits per heavy atom. The molecule has 7 heteroatoms. The van der Waals surface area contributed by atoms with Crippen molar-refractivity contribution in [2.45, 2.75) is 25.3 Å². The van der Waals surface area contributed by atoms with E-state index >= 15 is 0 Å². The average Bonchev–Trinajstić information content (AvgIpc) is 2.65. The molecule has 0 bridgehead atoms. The van der Waals surface area contributed by atoms with Crippen molar-refractivity contribution < 1.29 is 19.4 Å².